The summed E-state index contributed by atoms with van der Waals surface area (Å²) in [6.07, 6.45) is 0. The predicted molar refractivity (Wildman–Crippen MR) is 89.7 cm³/mol. The van der Waals surface area contributed by atoms with Gasteiger partial charge in [-0.3, -0.25) is 0 Å². The smallest absolute Gasteiger partial charge is 0.342 e. The monoisotopic (exact) mass is 337 g/mol. The number of furan rings is 1. The number of fused-ring (bicyclic) bond motifs is 1. The summed E-state index contributed by atoms with van der Waals surface area (Å²) in [4.78, 5) is 19.3. The summed E-state index contributed by atoms with van der Waals surface area (Å²) >= 11 is 0. The molecule has 0 fully saturated rings. The minimum absolute atomic E-state index is 0.0795. The first-order valence-corrected chi connectivity index (χ1v) is 7.51. The highest BCUT2D eigenvalue weighted by Crippen LogP contribution is 2.20. The molecule has 0 atom stereocenters. The van der Waals surface area contributed by atoms with Gasteiger partial charge >= 0.3 is 5.97 Å². The molecule has 2 aromatic heterocycles. The third-order valence-electron chi connectivity index (χ3n) is 3.63. The molecule has 3 rings (SSSR count). The number of ether oxygens (including phenoxy) is 1. The first-order chi connectivity index (χ1) is 12.0. The lowest BCUT2D eigenvalue weighted by atomic mass is 10.2. The summed E-state index contributed by atoms with van der Waals surface area (Å²) in [6.45, 7) is 2.92. The number of aryl methyl sites for hydroxylation is 2. The van der Waals surface area contributed by atoms with E-state index >= 15 is 0 Å². The number of aromatic nitrogens is 2. The quantitative estimate of drug-likeness (QED) is 0.428. The van der Waals surface area contributed by atoms with Crippen molar-refractivity contribution in [3.05, 3.63) is 59.0 Å². The van der Waals surface area contributed by atoms with Crippen molar-refractivity contribution in [1.82, 2.24) is 9.97 Å². The van der Waals surface area contributed by atoms with Crippen LogP contribution in [0.3, 0.4) is 0 Å². The fourth-order valence-corrected chi connectivity index (χ4v) is 2.44. The van der Waals surface area contributed by atoms with Gasteiger partial charge in [0.25, 0.3) is 0 Å². The van der Waals surface area contributed by atoms with E-state index in [0.29, 0.717) is 17.0 Å². The fraction of sp³-hybridized carbons (Fsp3) is 0.167. The van der Waals surface area contributed by atoms with Gasteiger partial charge in [-0.2, -0.15) is 5.26 Å². The normalized spacial score (nSPS) is 11.9. The second kappa shape index (κ2) is 6.53. The number of H-pyrrole nitrogens is 1. The molecule has 126 valence electrons. The van der Waals surface area contributed by atoms with Crippen molar-refractivity contribution in [3.63, 3.8) is 0 Å². The highest BCUT2D eigenvalue weighted by atomic mass is 16.5. The molecule has 0 aliphatic heterocycles. The number of imidazole rings is 1. The molecule has 3 aromatic rings. The number of aliphatic hydroxyl groups is 1. The first kappa shape index (κ1) is 16.3. The molecule has 1 aromatic carbocycles. The van der Waals surface area contributed by atoms with Gasteiger partial charge in [0, 0.05) is 0 Å². The van der Waals surface area contributed by atoms with E-state index in [9.17, 15) is 15.2 Å². The number of esters is 1. The van der Waals surface area contributed by atoms with Crippen molar-refractivity contribution in [2.75, 3.05) is 6.61 Å². The number of benzene rings is 1. The number of para-hydroxylation sites is 2. The van der Waals surface area contributed by atoms with E-state index in [1.807, 2.05) is 24.3 Å². The third kappa shape index (κ3) is 3.23. The van der Waals surface area contributed by atoms with Gasteiger partial charge in [0.1, 0.15) is 35.3 Å². The lowest BCUT2D eigenvalue weighted by Gasteiger charge is -2.04. The average Bonchev–Trinajstić information content (AvgIpc) is 3.15. The minimum atomic E-state index is -0.636. The predicted octanol–water partition coefficient (Wildman–Crippen LogP) is 3.42. The molecule has 0 aliphatic carbocycles. The molecule has 0 saturated heterocycles. The Kier molecular flexibility index (Phi) is 4.27. The summed E-state index contributed by atoms with van der Waals surface area (Å²) in [5.74, 6) is 0.219. The Labute approximate surface area is 143 Å². The third-order valence-corrected chi connectivity index (χ3v) is 3.63. The van der Waals surface area contributed by atoms with Crippen LogP contribution in [0.15, 0.2) is 40.5 Å². The van der Waals surface area contributed by atoms with Crippen molar-refractivity contribution >= 4 is 22.6 Å². The second-order valence-corrected chi connectivity index (χ2v) is 5.44. The van der Waals surface area contributed by atoms with E-state index in [1.54, 1.807) is 26.0 Å². The molecule has 0 radical (unpaired) electrons. The minimum Gasteiger partial charge on any atom is -0.507 e. The molecule has 0 amide bonds. The number of aromatic amines is 1. The molecular weight excluding hydrogens is 322 g/mol. The molecule has 25 heavy (non-hydrogen) atoms. The maximum absolute atomic E-state index is 12.0. The van der Waals surface area contributed by atoms with Crippen LogP contribution in [-0.2, 0) is 4.74 Å². The maximum Gasteiger partial charge on any atom is 0.342 e. The highest BCUT2D eigenvalue weighted by Gasteiger charge is 2.18. The van der Waals surface area contributed by atoms with Crippen molar-refractivity contribution in [3.8, 4) is 6.07 Å². The van der Waals surface area contributed by atoms with Gasteiger partial charge in [-0.15, -0.1) is 0 Å². The standard InChI is InChI=1S/C18H15N3O4/c1-10-7-12(11(2)25-10)18(23)24-9-16(22)13(8-19)17-20-14-5-3-4-6-15(14)21-17/h3-7,22H,9H2,1-2H3,(H,20,21)/b16-13-. The summed E-state index contributed by atoms with van der Waals surface area (Å²) in [7, 11) is 0. The molecule has 7 heteroatoms. The lowest BCUT2D eigenvalue weighted by Crippen LogP contribution is -2.09. The van der Waals surface area contributed by atoms with Crippen LogP contribution >= 0.6 is 0 Å². The van der Waals surface area contributed by atoms with Crippen molar-refractivity contribution in [2.45, 2.75) is 13.8 Å². The molecular formula is C18H15N3O4. The SMILES string of the molecule is Cc1cc(C(=O)OC/C(O)=C(\C#N)c2nc3ccccc3[nH]2)c(C)o1. The summed E-state index contributed by atoms with van der Waals surface area (Å²) < 4.78 is 10.3. The number of carbonyl (C=O) groups excluding carboxylic acids is 1. The van der Waals surface area contributed by atoms with Gasteiger partial charge in [-0.25, -0.2) is 9.78 Å². The summed E-state index contributed by atoms with van der Waals surface area (Å²) in [5, 5.41) is 19.5. The molecule has 2 N–H and O–H groups in total. The zero-order valence-corrected chi connectivity index (χ0v) is 13.7. The van der Waals surface area contributed by atoms with Crippen LogP contribution < -0.4 is 0 Å². The zero-order valence-electron chi connectivity index (χ0n) is 13.7. The summed E-state index contributed by atoms with van der Waals surface area (Å²) in [6, 6.07) is 10.7. The Morgan fingerprint density at radius 2 is 2.16 bits per heavy atom. The van der Waals surface area contributed by atoms with Crippen LogP contribution in [0.5, 0.6) is 0 Å². The number of nitriles is 1. The topological polar surface area (TPSA) is 112 Å². The number of carbonyl (C=O) groups is 1. The van der Waals surface area contributed by atoms with Crippen LogP contribution in [0.2, 0.25) is 0 Å². The van der Waals surface area contributed by atoms with Crippen molar-refractivity contribution in [2.24, 2.45) is 0 Å². The Hall–Kier alpha value is -3.53. The van der Waals surface area contributed by atoms with Gasteiger partial charge < -0.3 is 19.2 Å². The molecule has 0 unspecified atom stereocenters. The summed E-state index contributed by atoms with van der Waals surface area (Å²) in [5.41, 5.74) is 1.61. The van der Waals surface area contributed by atoms with E-state index in [-0.39, 0.29) is 22.7 Å². The second-order valence-electron chi connectivity index (χ2n) is 5.44. The molecule has 2 heterocycles. The molecule has 7 nitrogen and oxygen atoms in total. The Bertz CT molecular complexity index is 988. The van der Waals surface area contributed by atoms with Crippen LogP contribution in [0.1, 0.15) is 27.7 Å². The largest absolute Gasteiger partial charge is 0.507 e. The van der Waals surface area contributed by atoms with E-state index < -0.39 is 12.6 Å². The highest BCUT2D eigenvalue weighted by molar-refractivity contribution is 5.91. The Balaban J connectivity index is 1.81. The van der Waals surface area contributed by atoms with Gasteiger partial charge in [-0.1, -0.05) is 12.1 Å². The van der Waals surface area contributed by atoms with E-state index in [4.69, 9.17) is 9.15 Å². The molecule has 0 saturated carbocycles. The molecule has 0 aliphatic rings. The molecule has 0 bridgehead atoms. The fourth-order valence-electron chi connectivity index (χ4n) is 2.44. The lowest BCUT2D eigenvalue weighted by molar-refractivity contribution is 0.0501. The van der Waals surface area contributed by atoms with Crippen LogP contribution in [0, 0.1) is 25.2 Å². The average molecular weight is 337 g/mol. The number of nitrogens with one attached hydrogen (secondary N) is 1. The zero-order chi connectivity index (χ0) is 18.0. The van der Waals surface area contributed by atoms with Crippen molar-refractivity contribution < 1.29 is 19.1 Å². The van der Waals surface area contributed by atoms with Crippen LogP contribution in [0.4, 0.5) is 0 Å². The van der Waals surface area contributed by atoms with Crippen molar-refractivity contribution in [1.29, 1.82) is 5.26 Å². The number of nitrogens with zero attached hydrogens (tertiary/aromatic N) is 2. The Morgan fingerprint density at radius 1 is 1.40 bits per heavy atom. The number of hydrogen-bond acceptors (Lipinski definition) is 6. The van der Waals surface area contributed by atoms with E-state index in [2.05, 4.69) is 9.97 Å². The first-order valence-electron chi connectivity index (χ1n) is 7.51. The Morgan fingerprint density at radius 3 is 2.80 bits per heavy atom. The van der Waals surface area contributed by atoms with Gasteiger partial charge in [0.15, 0.2) is 11.6 Å². The number of aliphatic hydroxyl groups excluding tert-OH is 1. The van der Waals surface area contributed by atoms with E-state index in [0.717, 1.165) is 5.52 Å². The number of allylic oxidation sites excluding steroid dienone is 1. The molecule has 0 spiro atoms. The van der Waals surface area contributed by atoms with Crippen LogP contribution in [0.25, 0.3) is 16.6 Å². The maximum atomic E-state index is 12.0. The van der Waals surface area contributed by atoms with Gasteiger partial charge in [-0.05, 0) is 32.0 Å². The van der Waals surface area contributed by atoms with E-state index in [1.165, 1.54) is 0 Å². The van der Waals surface area contributed by atoms with Crippen LogP contribution in [-0.4, -0.2) is 27.7 Å². The number of hydrogen-bond donors (Lipinski definition) is 2. The number of rotatable bonds is 4. The van der Waals surface area contributed by atoms with Gasteiger partial charge in [0.2, 0.25) is 0 Å². The van der Waals surface area contributed by atoms with Gasteiger partial charge in [0.05, 0.1) is 11.0 Å².